The monoisotopic (exact) mass is 248 g/mol. The predicted molar refractivity (Wildman–Crippen MR) is 66.2 cm³/mol. The molecule has 1 aromatic carbocycles. The third-order valence-electron chi connectivity index (χ3n) is 2.99. The lowest BCUT2D eigenvalue weighted by atomic mass is 10.0. The maximum Gasteiger partial charge on any atom is 0.323 e. The zero-order valence-corrected chi connectivity index (χ0v) is 10.0. The molecule has 1 heterocycles. The van der Waals surface area contributed by atoms with E-state index >= 15 is 0 Å². The lowest BCUT2D eigenvalue weighted by molar-refractivity contribution is -0.145. The molecule has 0 spiro atoms. The van der Waals surface area contributed by atoms with Crippen molar-refractivity contribution in [3.05, 3.63) is 35.9 Å². The summed E-state index contributed by atoms with van der Waals surface area (Å²) in [4.78, 5) is 23.6. The summed E-state index contributed by atoms with van der Waals surface area (Å²) >= 11 is 0. The molecule has 5 nitrogen and oxygen atoms in total. The largest absolute Gasteiger partial charge is 0.480 e. The number of benzene rings is 1. The van der Waals surface area contributed by atoms with Crippen molar-refractivity contribution < 1.29 is 14.7 Å². The quantitative estimate of drug-likeness (QED) is 0.793. The van der Waals surface area contributed by atoms with Crippen LogP contribution < -0.4 is 5.32 Å². The third-order valence-corrected chi connectivity index (χ3v) is 2.99. The minimum atomic E-state index is -0.969. The van der Waals surface area contributed by atoms with Crippen molar-refractivity contribution in [1.29, 1.82) is 0 Å². The average Bonchev–Trinajstić information content (AvgIpc) is 2.34. The van der Waals surface area contributed by atoms with Gasteiger partial charge in [-0.2, -0.15) is 0 Å². The Kier molecular flexibility index (Phi) is 3.94. The summed E-state index contributed by atoms with van der Waals surface area (Å²) in [6.07, 6.45) is 0.796. The Balaban J connectivity index is 1.95. The molecule has 2 N–H and O–H groups in total. The number of carbonyl (C=O) groups is 2. The minimum Gasteiger partial charge on any atom is -0.480 e. The molecule has 1 unspecified atom stereocenters. The molecule has 1 aromatic rings. The van der Waals surface area contributed by atoms with Crippen LogP contribution in [0.15, 0.2) is 30.3 Å². The van der Waals surface area contributed by atoms with Gasteiger partial charge >= 0.3 is 5.97 Å². The summed E-state index contributed by atoms with van der Waals surface area (Å²) < 4.78 is 0. The van der Waals surface area contributed by atoms with Crippen molar-refractivity contribution >= 4 is 11.9 Å². The van der Waals surface area contributed by atoms with Crippen LogP contribution in [0.1, 0.15) is 5.56 Å². The molecule has 1 atom stereocenters. The summed E-state index contributed by atoms with van der Waals surface area (Å²) in [5, 5.41) is 11.9. The van der Waals surface area contributed by atoms with Gasteiger partial charge in [-0.1, -0.05) is 30.3 Å². The fourth-order valence-electron chi connectivity index (χ4n) is 2.13. The first-order valence-electron chi connectivity index (χ1n) is 5.92. The zero-order chi connectivity index (χ0) is 13.0. The van der Waals surface area contributed by atoms with E-state index in [2.05, 4.69) is 5.32 Å². The number of aliphatic carboxylic acids is 1. The van der Waals surface area contributed by atoms with Crippen LogP contribution >= 0.6 is 0 Å². The summed E-state index contributed by atoms with van der Waals surface area (Å²) in [6, 6.07) is 10.1. The van der Waals surface area contributed by atoms with Gasteiger partial charge in [-0.25, -0.2) is 0 Å². The molecular weight excluding hydrogens is 232 g/mol. The summed E-state index contributed by atoms with van der Waals surface area (Å²) in [7, 11) is 0. The number of hydrogen-bond donors (Lipinski definition) is 2. The number of rotatable bonds is 4. The number of carboxylic acids is 1. The molecule has 0 saturated carbocycles. The minimum absolute atomic E-state index is 0.115. The molecule has 0 aromatic heterocycles. The van der Waals surface area contributed by atoms with Crippen LogP contribution in [0.4, 0.5) is 0 Å². The number of carbonyl (C=O) groups excluding carboxylic acids is 1. The normalized spacial score (nSPS) is 19.9. The van der Waals surface area contributed by atoms with Gasteiger partial charge in [-0.15, -0.1) is 0 Å². The standard InChI is InChI=1S/C13H16N2O3/c16-12-7-14-11(8-15(12)9-13(17)18)6-10-4-2-1-3-5-10/h1-5,11,14H,6-9H2,(H,17,18). The van der Waals surface area contributed by atoms with Crippen LogP contribution in [-0.4, -0.2) is 47.6 Å². The molecule has 2 rings (SSSR count). The lowest BCUT2D eigenvalue weighted by Crippen LogP contribution is -2.55. The maximum atomic E-state index is 11.5. The summed E-state index contributed by atoms with van der Waals surface area (Å²) in [5.74, 6) is -1.12. The number of hydrogen-bond acceptors (Lipinski definition) is 3. The molecular formula is C13H16N2O3. The van der Waals surface area contributed by atoms with Crippen LogP contribution in [0, 0.1) is 0 Å². The van der Waals surface area contributed by atoms with E-state index in [0.717, 1.165) is 6.42 Å². The Labute approximate surface area is 105 Å². The molecule has 1 fully saturated rings. The van der Waals surface area contributed by atoms with Crippen molar-refractivity contribution in [2.24, 2.45) is 0 Å². The van der Waals surface area contributed by atoms with E-state index in [0.29, 0.717) is 6.54 Å². The SMILES string of the molecule is O=C(O)CN1CC(Cc2ccccc2)NCC1=O. The van der Waals surface area contributed by atoms with Crippen molar-refractivity contribution in [1.82, 2.24) is 10.2 Å². The van der Waals surface area contributed by atoms with E-state index in [-0.39, 0.29) is 25.0 Å². The van der Waals surface area contributed by atoms with Crippen LogP contribution in [0.2, 0.25) is 0 Å². The highest BCUT2D eigenvalue weighted by atomic mass is 16.4. The molecule has 1 aliphatic heterocycles. The second kappa shape index (κ2) is 5.64. The number of piperazine rings is 1. The van der Waals surface area contributed by atoms with E-state index in [1.54, 1.807) is 0 Å². The number of amides is 1. The van der Waals surface area contributed by atoms with E-state index in [9.17, 15) is 9.59 Å². The second-order valence-corrected chi connectivity index (χ2v) is 4.44. The predicted octanol–water partition coefficient (Wildman–Crippen LogP) is 0.114. The van der Waals surface area contributed by atoms with E-state index in [1.165, 1.54) is 10.5 Å². The van der Waals surface area contributed by atoms with Crippen molar-refractivity contribution in [2.75, 3.05) is 19.6 Å². The highest BCUT2D eigenvalue weighted by Gasteiger charge is 2.26. The fraction of sp³-hybridized carbons (Fsp3) is 0.385. The van der Waals surface area contributed by atoms with Crippen LogP contribution in [0.5, 0.6) is 0 Å². The van der Waals surface area contributed by atoms with Gasteiger partial charge in [0.25, 0.3) is 0 Å². The molecule has 5 heteroatoms. The molecule has 1 amide bonds. The molecule has 0 radical (unpaired) electrons. The van der Waals surface area contributed by atoms with E-state index in [1.807, 2.05) is 30.3 Å². The smallest absolute Gasteiger partial charge is 0.323 e. The van der Waals surface area contributed by atoms with Gasteiger partial charge in [-0.3, -0.25) is 9.59 Å². The van der Waals surface area contributed by atoms with E-state index < -0.39 is 5.97 Å². The van der Waals surface area contributed by atoms with Gasteiger partial charge in [0.15, 0.2) is 0 Å². The first-order valence-corrected chi connectivity index (χ1v) is 5.92. The lowest BCUT2D eigenvalue weighted by Gasteiger charge is -2.32. The van der Waals surface area contributed by atoms with Gasteiger partial charge < -0.3 is 15.3 Å². The Bertz CT molecular complexity index is 433. The van der Waals surface area contributed by atoms with Gasteiger partial charge in [-0.05, 0) is 12.0 Å². The number of nitrogens with zero attached hydrogens (tertiary/aromatic N) is 1. The molecule has 0 aliphatic carbocycles. The topological polar surface area (TPSA) is 69.6 Å². The van der Waals surface area contributed by atoms with Crippen LogP contribution in [-0.2, 0) is 16.0 Å². The molecule has 0 bridgehead atoms. The maximum absolute atomic E-state index is 11.5. The van der Waals surface area contributed by atoms with Gasteiger partial charge in [0.1, 0.15) is 6.54 Å². The number of carboxylic acid groups (broad SMARTS) is 1. The summed E-state index contributed by atoms with van der Waals surface area (Å²) in [5.41, 5.74) is 1.18. The Hall–Kier alpha value is -1.88. The molecule has 1 aliphatic rings. The summed E-state index contributed by atoms with van der Waals surface area (Å²) in [6.45, 7) is 0.441. The first-order chi connectivity index (χ1) is 8.65. The highest BCUT2D eigenvalue weighted by Crippen LogP contribution is 2.08. The van der Waals surface area contributed by atoms with E-state index in [4.69, 9.17) is 5.11 Å². The van der Waals surface area contributed by atoms with Gasteiger partial charge in [0.05, 0.1) is 6.54 Å². The Morgan fingerprint density at radius 3 is 2.78 bits per heavy atom. The third kappa shape index (κ3) is 3.30. The van der Waals surface area contributed by atoms with Gasteiger partial charge in [0, 0.05) is 12.6 Å². The Morgan fingerprint density at radius 1 is 1.39 bits per heavy atom. The number of nitrogens with one attached hydrogen (secondary N) is 1. The molecule has 18 heavy (non-hydrogen) atoms. The average molecular weight is 248 g/mol. The van der Waals surface area contributed by atoms with Crippen molar-refractivity contribution in [2.45, 2.75) is 12.5 Å². The van der Waals surface area contributed by atoms with Crippen molar-refractivity contribution in [3.8, 4) is 0 Å². The highest BCUT2D eigenvalue weighted by molar-refractivity contribution is 5.83. The van der Waals surface area contributed by atoms with Crippen LogP contribution in [0.3, 0.4) is 0 Å². The second-order valence-electron chi connectivity index (χ2n) is 4.44. The van der Waals surface area contributed by atoms with Crippen LogP contribution in [0.25, 0.3) is 0 Å². The fourth-order valence-corrected chi connectivity index (χ4v) is 2.13. The van der Waals surface area contributed by atoms with Crippen molar-refractivity contribution in [3.63, 3.8) is 0 Å². The molecule has 1 saturated heterocycles. The molecule has 96 valence electrons. The Morgan fingerprint density at radius 2 is 2.11 bits per heavy atom. The van der Waals surface area contributed by atoms with Gasteiger partial charge in [0.2, 0.25) is 5.91 Å². The first kappa shape index (κ1) is 12.6. The zero-order valence-electron chi connectivity index (χ0n) is 10.0.